The van der Waals surface area contributed by atoms with E-state index in [0.717, 1.165) is 74.0 Å². The molecule has 0 aliphatic carbocycles. The molecule has 3 aliphatic rings. The minimum Gasteiger partial charge on any atom is -0.493 e. The van der Waals surface area contributed by atoms with Gasteiger partial charge in [-0.2, -0.15) is 0 Å². The van der Waals surface area contributed by atoms with Crippen molar-refractivity contribution in [1.82, 2.24) is 19.6 Å². The molecular weight excluding hydrogens is 1000 g/mol. The first kappa shape index (κ1) is 57.3. The van der Waals surface area contributed by atoms with Crippen LogP contribution in [-0.4, -0.2) is 177 Å². The van der Waals surface area contributed by atoms with Crippen LogP contribution in [0.25, 0.3) is 0 Å². The summed E-state index contributed by atoms with van der Waals surface area (Å²) in [7, 11) is 2.70. The van der Waals surface area contributed by atoms with E-state index in [0.29, 0.717) is 35.9 Å². The second-order valence-electron chi connectivity index (χ2n) is 17.0. The molecular formula is C46H66F4N6O10S4. The summed E-state index contributed by atoms with van der Waals surface area (Å²) in [5.41, 5.74) is -1.74. The van der Waals surface area contributed by atoms with Crippen LogP contribution in [0.15, 0.2) is 24.3 Å². The number of amides is 2. The highest BCUT2D eigenvalue weighted by Gasteiger charge is 2.52. The number of piperazine rings is 1. The van der Waals surface area contributed by atoms with Gasteiger partial charge in [-0.05, 0) is 61.8 Å². The Bertz CT molecular complexity index is 1940. The van der Waals surface area contributed by atoms with E-state index in [4.69, 9.17) is 18.9 Å². The van der Waals surface area contributed by atoms with Gasteiger partial charge in [0.05, 0.1) is 83.7 Å². The first-order valence-corrected chi connectivity index (χ1v) is 27.9. The number of thioether (sulfide) groups is 4. The minimum atomic E-state index is -3.12. The van der Waals surface area contributed by atoms with Gasteiger partial charge < -0.3 is 38.5 Å². The quantitative estimate of drug-likeness (QED) is 0.0259. The van der Waals surface area contributed by atoms with Gasteiger partial charge in [-0.25, -0.2) is 17.6 Å². The van der Waals surface area contributed by atoms with Crippen LogP contribution in [0, 0.1) is 20.2 Å². The molecule has 0 N–H and O–H groups in total. The molecule has 392 valence electrons. The molecule has 0 unspecified atom stereocenters. The third kappa shape index (κ3) is 15.2. The predicted molar refractivity (Wildman–Crippen MR) is 271 cm³/mol. The Morgan fingerprint density at radius 1 is 0.614 bits per heavy atom. The van der Waals surface area contributed by atoms with E-state index in [2.05, 4.69) is 9.80 Å². The van der Waals surface area contributed by atoms with E-state index in [-0.39, 0.29) is 56.5 Å². The lowest BCUT2D eigenvalue weighted by Crippen LogP contribution is -2.46. The van der Waals surface area contributed by atoms with E-state index in [1.807, 2.05) is 27.7 Å². The summed E-state index contributed by atoms with van der Waals surface area (Å²) in [6.45, 7) is 11.5. The highest BCUT2D eigenvalue weighted by atomic mass is 32.2. The van der Waals surface area contributed by atoms with Crippen LogP contribution in [0.1, 0.15) is 86.9 Å². The molecule has 70 heavy (non-hydrogen) atoms. The molecule has 2 atom stereocenters. The van der Waals surface area contributed by atoms with E-state index in [1.165, 1.54) is 73.4 Å². The molecule has 0 radical (unpaired) electrons. The largest absolute Gasteiger partial charge is 0.493 e. The van der Waals surface area contributed by atoms with Crippen molar-refractivity contribution in [3.05, 3.63) is 55.6 Å². The maximum absolute atomic E-state index is 14.8. The molecule has 2 aromatic rings. The molecule has 0 spiro atoms. The summed E-state index contributed by atoms with van der Waals surface area (Å²) < 4.78 is 81.4. The third-order valence-corrected chi connectivity index (χ3v) is 17.8. The van der Waals surface area contributed by atoms with Gasteiger partial charge in [0.15, 0.2) is 23.0 Å². The van der Waals surface area contributed by atoms with Gasteiger partial charge in [0.25, 0.3) is 35.0 Å². The van der Waals surface area contributed by atoms with Crippen LogP contribution in [0.5, 0.6) is 23.0 Å². The molecule has 3 fully saturated rings. The van der Waals surface area contributed by atoms with Crippen LogP contribution in [0.4, 0.5) is 28.9 Å². The molecule has 16 nitrogen and oxygen atoms in total. The lowest BCUT2D eigenvalue weighted by atomic mass is 10.1. The number of likely N-dealkylation sites (tertiary alicyclic amines) is 2. The van der Waals surface area contributed by atoms with Gasteiger partial charge in [-0.1, -0.05) is 27.7 Å². The van der Waals surface area contributed by atoms with Crippen LogP contribution in [0.2, 0.25) is 0 Å². The van der Waals surface area contributed by atoms with Crippen LogP contribution >= 0.6 is 47.0 Å². The summed E-state index contributed by atoms with van der Waals surface area (Å²) in [6, 6.07) is 3.10. The average Bonchev–Trinajstić information content (AvgIpc) is 3.84. The van der Waals surface area contributed by atoms with E-state index in [1.54, 1.807) is 0 Å². The Balaban J connectivity index is 1.06. The molecule has 5 rings (SSSR count). The predicted octanol–water partition coefficient (Wildman–Crippen LogP) is 9.52. The molecule has 2 aromatic carbocycles. The summed E-state index contributed by atoms with van der Waals surface area (Å²) in [6.07, 6.45) is 1.82. The average molecular weight is 1070 g/mol. The summed E-state index contributed by atoms with van der Waals surface area (Å²) >= 11 is 5.92. The Morgan fingerprint density at radius 2 is 0.957 bits per heavy atom. The Hall–Kier alpha value is -3.58. The van der Waals surface area contributed by atoms with E-state index >= 15 is 0 Å². The summed E-state index contributed by atoms with van der Waals surface area (Å²) in [5, 5.41) is 24.5. The van der Waals surface area contributed by atoms with Gasteiger partial charge in [0, 0.05) is 51.2 Å². The summed E-state index contributed by atoms with van der Waals surface area (Å²) in [4.78, 5) is 57.6. The number of nitro groups is 2. The van der Waals surface area contributed by atoms with Crippen LogP contribution in [-0.2, 0) is 0 Å². The van der Waals surface area contributed by atoms with E-state index in [9.17, 15) is 47.4 Å². The SMILES string of the molecule is CCSC(SCC)[C@@H]1CC(F)(F)CN1C(=O)c1cc(OC)c(OCCCCN2CCN(CCCCOc3cc([N+](=O)[O-])c(C(=O)N4CC(F)(F)C[C@H]4C(SCC)SCC)cc3OC)CC2)cc1[N+](=O)[O-]. The first-order valence-electron chi connectivity index (χ1n) is 23.7. The molecule has 0 bridgehead atoms. The van der Waals surface area contributed by atoms with Crippen molar-refractivity contribution in [3.8, 4) is 23.0 Å². The lowest BCUT2D eigenvalue weighted by Gasteiger charge is -2.34. The fraction of sp³-hybridized carbons (Fsp3) is 0.696. The zero-order valence-electron chi connectivity index (χ0n) is 40.7. The molecule has 3 saturated heterocycles. The number of nitrogens with zero attached hydrogens (tertiary/aromatic N) is 6. The fourth-order valence-electron chi connectivity index (χ4n) is 8.90. The van der Waals surface area contributed by atoms with Gasteiger partial charge in [0.1, 0.15) is 11.1 Å². The molecule has 3 aliphatic heterocycles. The Morgan fingerprint density at radius 3 is 1.26 bits per heavy atom. The van der Waals surface area contributed by atoms with E-state index < -0.39 is 82.9 Å². The van der Waals surface area contributed by atoms with Crippen molar-refractivity contribution < 1.29 is 55.9 Å². The highest BCUT2D eigenvalue weighted by molar-refractivity contribution is 8.17. The Labute approximate surface area is 424 Å². The van der Waals surface area contributed by atoms with Crippen molar-refractivity contribution in [1.29, 1.82) is 0 Å². The topological polar surface area (TPSA) is 170 Å². The number of halogens is 4. The minimum absolute atomic E-state index is 0.0866. The van der Waals surface area contributed by atoms with Crippen molar-refractivity contribution >= 4 is 70.2 Å². The molecule has 2 amide bonds. The number of rotatable bonds is 28. The second-order valence-corrected chi connectivity index (χ2v) is 23.3. The zero-order chi connectivity index (χ0) is 51.2. The van der Waals surface area contributed by atoms with Gasteiger partial charge >= 0.3 is 0 Å². The van der Waals surface area contributed by atoms with Crippen molar-refractivity contribution in [3.63, 3.8) is 0 Å². The monoisotopic (exact) mass is 1070 g/mol. The van der Waals surface area contributed by atoms with Crippen molar-refractivity contribution in [2.75, 3.05) is 103 Å². The second kappa shape index (κ2) is 26.9. The molecule has 0 aromatic heterocycles. The van der Waals surface area contributed by atoms with Gasteiger partial charge in [0.2, 0.25) is 0 Å². The maximum atomic E-state index is 14.8. The van der Waals surface area contributed by atoms with Gasteiger partial charge in [-0.3, -0.25) is 29.8 Å². The number of hydrogen-bond donors (Lipinski definition) is 0. The number of ether oxygens (including phenoxy) is 4. The molecule has 3 heterocycles. The number of hydrogen-bond acceptors (Lipinski definition) is 16. The number of nitro benzene ring substituents is 2. The normalized spacial score (nSPS) is 19.3. The zero-order valence-corrected chi connectivity index (χ0v) is 43.9. The smallest absolute Gasteiger partial charge is 0.286 e. The third-order valence-electron chi connectivity index (χ3n) is 12.2. The van der Waals surface area contributed by atoms with Crippen molar-refractivity contribution in [2.45, 2.75) is 99.3 Å². The fourth-order valence-corrected chi connectivity index (χ4v) is 14.5. The number of benzene rings is 2. The van der Waals surface area contributed by atoms with Crippen LogP contribution < -0.4 is 18.9 Å². The molecule has 24 heteroatoms. The van der Waals surface area contributed by atoms with Gasteiger partial charge in [-0.15, -0.1) is 47.0 Å². The standard InChI is InChI=1S/C46H66F4N6O10S4/c1-7-67-43(68-8-2)35-27-45(47,48)29-53(35)41(57)31-23-37(63-5)39(25-33(31)55(59)60)65-21-13-11-15-51-17-19-52(20-18-51)16-12-14-22-66-40-26-34(56(61)62)32(24-38(40)64-6)42(58)54-30-46(49,50)28-36(54)44(69-9-3)70-10-4/h23-26,35-36,43-44H,7-22,27-30H2,1-6H3/t35-,36-/m0/s1. The first-order chi connectivity index (χ1) is 33.4. The number of carbonyl (C=O) groups is 2. The molecule has 0 saturated carbocycles. The number of alkyl halides is 4. The maximum Gasteiger partial charge on any atom is 0.286 e. The summed E-state index contributed by atoms with van der Waals surface area (Å²) in [5.74, 6) is -4.91. The Kier molecular flexibility index (Phi) is 22.0. The highest BCUT2D eigenvalue weighted by Crippen LogP contribution is 2.45. The number of unbranched alkanes of at least 4 members (excludes halogenated alkanes) is 2. The van der Waals surface area contributed by atoms with Crippen LogP contribution in [0.3, 0.4) is 0 Å². The lowest BCUT2D eigenvalue weighted by molar-refractivity contribution is -0.385. The number of methoxy groups -OCH3 is 2. The number of carbonyl (C=O) groups excluding carboxylic acids is 2. The van der Waals surface area contributed by atoms with Crippen molar-refractivity contribution in [2.24, 2.45) is 0 Å².